The molecule has 3 heterocycles. The highest BCUT2D eigenvalue weighted by Crippen LogP contribution is 2.69. The second kappa shape index (κ2) is 9.64. The lowest BCUT2D eigenvalue weighted by molar-refractivity contribution is -0.0419. The molecule has 2 nitrogen and oxygen atoms in total. The molecule has 4 bridgehead atoms. The second-order valence-electron chi connectivity index (χ2n) is 15.4. The fourth-order valence-corrected chi connectivity index (χ4v) is 12.7. The molecular formula is C46H36N2S. The predicted octanol–water partition coefficient (Wildman–Crippen LogP) is 12.7. The normalized spacial score (nSPS) is 23.2. The minimum absolute atomic E-state index is 0.127. The average molecular weight is 649 g/mol. The van der Waals surface area contributed by atoms with Gasteiger partial charge in [0.05, 0.1) is 22.4 Å². The third-order valence-electron chi connectivity index (χ3n) is 13.1. The van der Waals surface area contributed by atoms with Crippen molar-refractivity contribution in [1.29, 1.82) is 0 Å². The van der Waals surface area contributed by atoms with Crippen molar-refractivity contribution in [3.8, 4) is 5.69 Å². The van der Waals surface area contributed by atoms with Crippen molar-refractivity contribution >= 4 is 70.4 Å². The summed E-state index contributed by atoms with van der Waals surface area (Å²) in [6.45, 7) is 0. The number of anilines is 3. The molecule has 3 heteroatoms. The van der Waals surface area contributed by atoms with Crippen LogP contribution in [-0.2, 0) is 5.41 Å². The highest BCUT2D eigenvalue weighted by Gasteiger charge is 2.61. The van der Waals surface area contributed by atoms with Gasteiger partial charge in [-0.1, -0.05) is 72.8 Å². The maximum atomic E-state index is 2.59. The number of aromatic nitrogens is 1. The molecule has 0 amide bonds. The van der Waals surface area contributed by atoms with Gasteiger partial charge in [-0.05, 0) is 128 Å². The molecule has 1 aliphatic heterocycles. The maximum Gasteiger partial charge on any atom is 0.0542 e. The van der Waals surface area contributed by atoms with E-state index in [1.165, 1.54) is 96.8 Å². The minimum Gasteiger partial charge on any atom is -0.310 e. The zero-order valence-corrected chi connectivity index (χ0v) is 28.2. The monoisotopic (exact) mass is 648 g/mol. The number of para-hydroxylation sites is 3. The number of hydrogen-bond acceptors (Lipinski definition) is 2. The molecule has 0 N–H and O–H groups in total. The Balaban J connectivity index is 1.07. The van der Waals surface area contributed by atoms with Gasteiger partial charge in [0, 0.05) is 47.7 Å². The number of hydrogen-bond donors (Lipinski definition) is 0. The van der Waals surface area contributed by atoms with Crippen molar-refractivity contribution < 1.29 is 0 Å². The first-order chi connectivity index (χ1) is 24.3. The Labute approximate surface area is 290 Å². The average Bonchev–Trinajstić information content (AvgIpc) is 3.68. The van der Waals surface area contributed by atoms with Gasteiger partial charge >= 0.3 is 0 Å². The lowest BCUT2D eigenvalue weighted by Gasteiger charge is -2.64. The maximum absolute atomic E-state index is 2.59. The van der Waals surface area contributed by atoms with E-state index in [1.807, 2.05) is 11.3 Å². The van der Waals surface area contributed by atoms with Gasteiger partial charge in [-0.3, -0.25) is 0 Å². The van der Waals surface area contributed by atoms with Crippen molar-refractivity contribution in [2.45, 2.75) is 37.5 Å². The number of fused-ring (bicyclic) bond motifs is 8. The summed E-state index contributed by atoms with van der Waals surface area (Å²) in [5.74, 6) is 3.35. The Morgan fingerprint density at radius 3 is 1.80 bits per heavy atom. The van der Waals surface area contributed by atoms with Crippen LogP contribution in [0.1, 0.15) is 43.2 Å². The van der Waals surface area contributed by atoms with Crippen molar-refractivity contribution in [2.75, 3.05) is 4.90 Å². The molecule has 0 radical (unpaired) electrons. The smallest absolute Gasteiger partial charge is 0.0542 e. The van der Waals surface area contributed by atoms with Crippen molar-refractivity contribution in [2.24, 2.45) is 23.7 Å². The Morgan fingerprint density at radius 2 is 1.04 bits per heavy atom. The van der Waals surface area contributed by atoms with Crippen LogP contribution in [0.15, 0.2) is 133 Å². The lowest BCUT2D eigenvalue weighted by Crippen LogP contribution is -2.57. The summed E-state index contributed by atoms with van der Waals surface area (Å²) in [5, 5.41) is 5.27. The van der Waals surface area contributed by atoms with Gasteiger partial charge in [0.2, 0.25) is 0 Å². The van der Waals surface area contributed by atoms with Gasteiger partial charge in [-0.15, -0.1) is 11.3 Å². The van der Waals surface area contributed by atoms with Gasteiger partial charge < -0.3 is 9.47 Å². The van der Waals surface area contributed by atoms with E-state index < -0.39 is 0 Å². The Morgan fingerprint density at radius 1 is 0.469 bits per heavy atom. The van der Waals surface area contributed by atoms with Gasteiger partial charge in [0.25, 0.3) is 0 Å². The molecule has 0 atom stereocenters. The molecule has 8 aromatic rings. The van der Waals surface area contributed by atoms with E-state index >= 15 is 0 Å². The summed E-state index contributed by atoms with van der Waals surface area (Å²) in [5.41, 5.74) is 11.0. The highest BCUT2D eigenvalue weighted by molar-refractivity contribution is 7.25. The zero-order chi connectivity index (χ0) is 31.8. The third-order valence-corrected chi connectivity index (χ3v) is 14.3. The van der Waals surface area contributed by atoms with Crippen LogP contribution < -0.4 is 4.90 Å². The van der Waals surface area contributed by atoms with E-state index in [9.17, 15) is 0 Å². The molecule has 2 aromatic heterocycles. The van der Waals surface area contributed by atoms with Gasteiger partial charge in [0.15, 0.2) is 0 Å². The lowest BCUT2D eigenvalue weighted by atomic mass is 9.41. The fraction of sp³-hybridized carbons (Fsp3) is 0.217. The molecule has 1 spiro atoms. The molecule has 236 valence electrons. The number of thiophene rings is 1. The molecule has 49 heavy (non-hydrogen) atoms. The molecule has 0 unspecified atom stereocenters. The molecule has 4 aliphatic carbocycles. The van der Waals surface area contributed by atoms with E-state index in [-0.39, 0.29) is 5.41 Å². The van der Waals surface area contributed by atoms with E-state index in [4.69, 9.17) is 0 Å². The zero-order valence-electron chi connectivity index (χ0n) is 27.3. The summed E-state index contributed by atoms with van der Waals surface area (Å²) in [4.78, 5) is 2.59. The van der Waals surface area contributed by atoms with Crippen LogP contribution in [-0.4, -0.2) is 4.57 Å². The van der Waals surface area contributed by atoms with Crippen LogP contribution in [0.5, 0.6) is 0 Å². The fourth-order valence-electron chi connectivity index (χ4n) is 11.6. The Bertz CT molecular complexity index is 2580. The van der Waals surface area contributed by atoms with Crippen LogP contribution in [0.2, 0.25) is 0 Å². The molecule has 4 saturated carbocycles. The van der Waals surface area contributed by atoms with E-state index in [0.29, 0.717) is 0 Å². The summed E-state index contributed by atoms with van der Waals surface area (Å²) in [7, 11) is 0. The van der Waals surface area contributed by atoms with E-state index in [1.54, 1.807) is 11.1 Å². The van der Waals surface area contributed by atoms with Gasteiger partial charge in [0.1, 0.15) is 0 Å². The second-order valence-corrected chi connectivity index (χ2v) is 16.5. The first-order valence-electron chi connectivity index (χ1n) is 18.2. The van der Waals surface area contributed by atoms with Crippen molar-refractivity contribution in [3.63, 3.8) is 0 Å². The quantitative estimate of drug-likeness (QED) is 0.181. The molecule has 13 rings (SSSR count). The molecule has 4 fully saturated rings. The Kier molecular flexibility index (Phi) is 5.32. The number of rotatable bonds is 2. The van der Waals surface area contributed by atoms with Crippen LogP contribution in [0.3, 0.4) is 0 Å². The predicted molar refractivity (Wildman–Crippen MR) is 206 cm³/mol. The molecule has 6 aromatic carbocycles. The van der Waals surface area contributed by atoms with Gasteiger partial charge in [-0.25, -0.2) is 0 Å². The summed E-state index contributed by atoms with van der Waals surface area (Å²) < 4.78 is 5.16. The van der Waals surface area contributed by atoms with Gasteiger partial charge in [-0.2, -0.15) is 0 Å². The van der Waals surface area contributed by atoms with Crippen LogP contribution in [0.25, 0.3) is 47.7 Å². The van der Waals surface area contributed by atoms with Crippen molar-refractivity contribution in [1.82, 2.24) is 4.57 Å². The standard InChI is InChI=1S/C46H36N2S/c1-5-13-40-34(9-1)36-26-32(17-19-41(36)47(40)33-18-20-45-37(27-33)35-10-2-8-16-44(35)49-45)48-42-14-6-3-11-38(42)46(39-12-4-7-15-43(39)48)30-22-28-21-29(24-30)25-31(46)23-28/h1-20,26-31H,21-25H2. The summed E-state index contributed by atoms with van der Waals surface area (Å²) >= 11 is 1.88. The molecular weight excluding hydrogens is 613 g/mol. The number of nitrogens with zero attached hydrogens (tertiary/aromatic N) is 2. The third kappa shape index (κ3) is 3.47. The van der Waals surface area contributed by atoms with E-state index in [0.717, 1.165) is 23.7 Å². The first-order valence-corrected chi connectivity index (χ1v) is 19.0. The van der Waals surface area contributed by atoms with Crippen LogP contribution in [0, 0.1) is 23.7 Å². The summed E-state index contributed by atoms with van der Waals surface area (Å²) in [6, 6.07) is 50.9. The first kappa shape index (κ1) is 27.0. The largest absolute Gasteiger partial charge is 0.310 e. The van der Waals surface area contributed by atoms with Crippen LogP contribution in [0.4, 0.5) is 17.1 Å². The number of benzene rings is 6. The van der Waals surface area contributed by atoms with Crippen molar-refractivity contribution in [3.05, 3.63) is 145 Å². The summed E-state index contributed by atoms with van der Waals surface area (Å²) in [6.07, 6.45) is 7.06. The Hall–Kier alpha value is -4.86. The molecule has 0 saturated heterocycles. The van der Waals surface area contributed by atoms with E-state index in [2.05, 4.69) is 143 Å². The topological polar surface area (TPSA) is 8.17 Å². The SMILES string of the molecule is c1ccc2c(c1)N(c1ccc3c(c1)c1ccccc1n3-c1ccc3sc4ccccc4c3c1)c1ccccc1C21C2CC3CC(C2)CC1C3. The molecule has 5 aliphatic rings. The minimum atomic E-state index is 0.127. The van der Waals surface area contributed by atoms with Crippen LogP contribution >= 0.6 is 11.3 Å². The highest BCUT2D eigenvalue weighted by atomic mass is 32.1.